The first-order chi connectivity index (χ1) is 13.8. The van der Waals surface area contributed by atoms with Crippen molar-refractivity contribution < 1.29 is 9.53 Å². The Morgan fingerprint density at radius 3 is 1.80 bits per heavy atom. The van der Waals surface area contributed by atoms with Crippen LogP contribution >= 0.6 is 11.8 Å². The van der Waals surface area contributed by atoms with E-state index >= 15 is 0 Å². The predicted molar refractivity (Wildman–Crippen MR) is 135 cm³/mol. The van der Waals surface area contributed by atoms with E-state index in [1.165, 1.54) is 6.42 Å². The van der Waals surface area contributed by atoms with Crippen LogP contribution in [0.25, 0.3) is 0 Å². The predicted octanol–water partition coefficient (Wildman–Crippen LogP) is 7.62. The first kappa shape index (κ1) is 29.8. The zero-order valence-corrected chi connectivity index (χ0v) is 22.8. The Balaban J connectivity index is 4.74. The highest BCUT2D eigenvalue weighted by Gasteiger charge is 2.32. The lowest BCUT2D eigenvalue weighted by Crippen LogP contribution is -2.49. The third-order valence-corrected chi connectivity index (χ3v) is 7.94. The molecule has 3 nitrogen and oxygen atoms in total. The molecule has 0 radical (unpaired) electrons. The second-order valence-corrected chi connectivity index (χ2v) is 12.6. The van der Waals surface area contributed by atoms with Crippen molar-refractivity contribution in [3.63, 3.8) is 0 Å². The van der Waals surface area contributed by atoms with Gasteiger partial charge in [0.2, 0.25) is 5.91 Å². The molecule has 180 valence electrons. The SMILES string of the molecule is CCC(CC)(CCOC(CC)(CC)CCC(C)(C)C)NC(=O)CCSCC(C)(C)C. The highest BCUT2D eigenvalue weighted by atomic mass is 32.2. The van der Waals surface area contributed by atoms with E-state index in [0.717, 1.165) is 50.0 Å². The molecular weight excluding hydrogens is 390 g/mol. The molecule has 0 aromatic rings. The number of carbonyl (C=O) groups is 1. The summed E-state index contributed by atoms with van der Waals surface area (Å²) in [6, 6.07) is 0. The van der Waals surface area contributed by atoms with E-state index in [1.807, 2.05) is 11.8 Å². The first-order valence-electron chi connectivity index (χ1n) is 12.3. The van der Waals surface area contributed by atoms with Crippen molar-refractivity contribution in [2.75, 3.05) is 18.1 Å². The summed E-state index contributed by atoms with van der Waals surface area (Å²) in [5, 5.41) is 3.37. The average Bonchev–Trinajstić information content (AvgIpc) is 2.66. The number of amides is 1. The van der Waals surface area contributed by atoms with Crippen molar-refractivity contribution >= 4 is 17.7 Å². The second-order valence-electron chi connectivity index (χ2n) is 11.4. The van der Waals surface area contributed by atoms with Crippen LogP contribution < -0.4 is 5.32 Å². The topological polar surface area (TPSA) is 38.3 Å². The molecule has 30 heavy (non-hydrogen) atoms. The maximum atomic E-state index is 12.6. The van der Waals surface area contributed by atoms with Gasteiger partial charge in [-0.05, 0) is 61.5 Å². The average molecular weight is 444 g/mol. The summed E-state index contributed by atoms with van der Waals surface area (Å²) in [6.07, 6.45) is 7.74. The summed E-state index contributed by atoms with van der Waals surface area (Å²) in [7, 11) is 0. The Labute approximate surface area is 193 Å². The molecule has 0 aromatic heterocycles. The molecule has 4 heteroatoms. The number of carbonyl (C=O) groups excluding carboxylic acids is 1. The first-order valence-corrected chi connectivity index (χ1v) is 13.4. The normalized spacial score (nSPS) is 13.5. The molecular formula is C26H53NO2S. The van der Waals surface area contributed by atoms with Gasteiger partial charge >= 0.3 is 0 Å². The number of nitrogens with one attached hydrogen (secondary N) is 1. The lowest BCUT2D eigenvalue weighted by atomic mass is 9.82. The van der Waals surface area contributed by atoms with Crippen LogP contribution in [0.4, 0.5) is 0 Å². The van der Waals surface area contributed by atoms with Gasteiger partial charge in [0, 0.05) is 24.3 Å². The minimum atomic E-state index is -0.150. The van der Waals surface area contributed by atoms with Crippen molar-refractivity contribution in [1.29, 1.82) is 0 Å². The lowest BCUT2D eigenvalue weighted by Gasteiger charge is -2.38. The Bertz CT molecular complexity index is 468. The van der Waals surface area contributed by atoms with Gasteiger partial charge in [-0.1, -0.05) is 69.2 Å². The molecule has 0 aromatic carbocycles. The molecule has 0 aliphatic carbocycles. The van der Waals surface area contributed by atoms with E-state index in [1.54, 1.807) is 0 Å². The van der Waals surface area contributed by atoms with Gasteiger partial charge in [0.15, 0.2) is 0 Å². The highest BCUT2D eigenvalue weighted by molar-refractivity contribution is 7.99. The van der Waals surface area contributed by atoms with Crippen LogP contribution in [0.5, 0.6) is 0 Å². The van der Waals surface area contributed by atoms with Crippen LogP contribution in [0.15, 0.2) is 0 Å². The monoisotopic (exact) mass is 443 g/mol. The second kappa shape index (κ2) is 13.4. The quantitative estimate of drug-likeness (QED) is 0.264. The lowest BCUT2D eigenvalue weighted by molar-refractivity contribution is -0.123. The minimum absolute atomic E-state index is 0.0336. The van der Waals surface area contributed by atoms with Crippen LogP contribution in [0.1, 0.15) is 121 Å². The molecule has 0 rings (SSSR count). The summed E-state index contributed by atoms with van der Waals surface area (Å²) in [6.45, 7) is 23.2. The van der Waals surface area contributed by atoms with Gasteiger partial charge in [-0.3, -0.25) is 4.79 Å². The van der Waals surface area contributed by atoms with Gasteiger partial charge in [-0.25, -0.2) is 0 Å². The number of hydrogen-bond acceptors (Lipinski definition) is 3. The van der Waals surface area contributed by atoms with Gasteiger partial charge in [-0.2, -0.15) is 11.8 Å². The largest absolute Gasteiger partial charge is 0.375 e. The van der Waals surface area contributed by atoms with Gasteiger partial charge in [-0.15, -0.1) is 0 Å². The van der Waals surface area contributed by atoms with Crippen molar-refractivity contribution in [3.05, 3.63) is 0 Å². The molecule has 0 unspecified atom stereocenters. The van der Waals surface area contributed by atoms with E-state index < -0.39 is 0 Å². The zero-order chi connectivity index (χ0) is 23.5. The van der Waals surface area contributed by atoms with Crippen molar-refractivity contribution in [3.8, 4) is 0 Å². The molecule has 0 saturated carbocycles. The summed E-state index contributed by atoms with van der Waals surface area (Å²) in [4.78, 5) is 12.6. The third kappa shape index (κ3) is 12.6. The molecule has 0 saturated heterocycles. The summed E-state index contributed by atoms with van der Waals surface area (Å²) in [5.41, 5.74) is 0.457. The molecule has 0 spiro atoms. The van der Waals surface area contributed by atoms with Crippen molar-refractivity contribution in [1.82, 2.24) is 5.32 Å². The highest BCUT2D eigenvalue weighted by Crippen LogP contribution is 2.33. The van der Waals surface area contributed by atoms with Crippen LogP contribution in [0.2, 0.25) is 0 Å². The Morgan fingerprint density at radius 1 is 0.800 bits per heavy atom. The molecule has 1 N–H and O–H groups in total. The maximum Gasteiger partial charge on any atom is 0.221 e. The summed E-state index contributed by atoms with van der Waals surface area (Å²) >= 11 is 1.88. The van der Waals surface area contributed by atoms with E-state index in [2.05, 4.69) is 74.6 Å². The molecule has 0 bridgehead atoms. The van der Waals surface area contributed by atoms with E-state index in [0.29, 0.717) is 23.9 Å². The molecule has 0 heterocycles. The van der Waals surface area contributed by atoms with E-state index in [-0.39, 0.29) is 17.0 Å². The number of hydrogen-bond donors (Lipinski definition) is 1. The van der Waals surface area contributed by atoms with E-state index in [9.17, 15) is 4.79 Å². The van der Waals surface area contributed by atoms with Crippen LogP contribution in [-0.2, 0) is 9.53 Å². The summed E-state index contributed by atoms with van der Waals surface area (Å²) < 4.78 is 6.54. The van der Waals surface area contributed by atoms with Crippen molar-refractivity contribution in [2.45, 2.75) is 132 Å². The third-order valence-electron chi connectivity index (χ3n) is 6.37. The fourth-order valence-electron chi connectivity index (χ4n) is 3.69. The molecule has 1 amide bonds. The number of thioether (sulfide) groups is 1. The van der Waals surface area contributed by atoms with Gasteiger partial charge < -0.3 is 10.1 Å². The standard InChI is InChI=1S/C26H53NO2S/c1-11-25(12-2,27-22(28)15-20-30-21-24(8,9)10)18-19-29-26(13-3,14-4)17-16-23(5,6)7/h11-21H2,1-10H3,(H,27,28). The van der Waals surface area contributed by atoms with Crippen LogP contribution in [-0.4, -0.2) is 35.2 Å². The van der Waals surface area contributed by atoms with Gasteiger partial charge in [0.25, 0.3) is 0 Å². The van der Waals surface area contributed by atoms with Gasteiger partial charge in [0.05, 0.1) is 5.60 Å². The molecule has 0 aliphatic rings. The molecule has 0 aliphatic heterocycles. The Morgan fingerprint density at radius 2 is 1.37 bits per heavy atom. The van der Waals surface area contributed by atoms with Gasteiger partial charge in [0.1, 0.15) is 0 Å². The van der Waals surface area contributed by atoms with E-state index in [4.69, 9.17) is 4.74 Å². The maximum absolute atomic E-state index is 12.6. The van der Waals surface area contributed by atoms with Crippen LogP contribution in [0, 0.1) is 10.8 Å². The van der Waals surface area contributed by atoms with Crippen molar-refractivity contribution in [2.24, 2.45) is 10.8 Å². The summed E-state index contributed by atoms with van der Waals surface area (Å²) in [5.74, 6) is 2.17. The fraction of sp³-hybridized carbons (Fsp3) is 0.962. The Hall–Kier alpha value is -0.220. The number of rotatable bonds is 15. The fourth-order valence-corrected chi connectivity index (χ4v) is 4.78. The van der Waals surface area contributed by atoms with Crippen LogP contribution in [0.3, 0.4) is 0 Å². The molecule has 0 fully saturated rings. The number of ether oxygens (including phenoxy) is 1. The molecule has 0 atom stereocenters. The zero-order valence-electron chi connectivity index (χ0n) is 22.0. The Kier molecular flexibility index (Phi) is 13.3. The minimum Gasteiger partial charge on any atom is -0.375 e. The smallest absolute Gasteiger partial charge is 0.221 e.